The van der Waals surface area contributed by atoms with Crippen LogP contribution in [0.3, 0.4) is 0 Å². The summed E-state index contributed by atoms with van der Waals surface area (Å²) in [5.41, 5.74) is 13.7. The Morgan fingerprint density at radius 2 is 0.550 bits per heavy atom. The molecule has 15 rings (SSSR count). The number of nitrogens with zero attached hydrogens (tertiary/aromatic N) is 10. The van der Waals surface area contributed by atoms with Crippen LogP contribution in [-0.2, 0) is 0 Å². The predicted molar refractivity (Wildman–Crippen MR) is 321 cm³/mol. The van der Waals surface area contributed by atoms with Gasteiger partial charge in [-0.05, 0) is 42.5 Å². The Balaban J connectivity index is 0.902. The van der Waals surface area contributed by atoms with Gasteiger partial charge >= 0.3 is 0 Å². The lowest BCUT2D eigenvalue weighted by Crippen LogP contribution is -2.07. The Morgan fingerprint density at radius 1 is 0.212 bits per heavy atom. The number of hydrogen-bond donors (Lipinski definition) is 0. The summed E-state index contributed by atoms with van der Waals surface area (Å²) in [7, 11) is 0. The molecule has 0 aliphatic carbocycles. The van der Waals surface area contributed by atoms with E-state index in [1.807, 2.05) is 146 Å². The Labute approximate surface area is 459 Å². The van der Waals surface area contributed by atoms with Crippen LogP contribution in [0, 0.1) is 0 Å². The average Bonchev–Trinajstić information content (AvgIpc) is 4.11. The van der Waals surface area contributed by atoms with Crippen LogP contribution in [0.5, 0.6) is 0 Å². The molecule has 5 aromatic heterocycles. The number of fused-ring (bicyclic) bond motifs is 7. The molecule has 0 radical (unpaired) electrons. The topological polar surface area (TPSA) is 113 Å². The fourth-order valence-corrected chi connectivity index (χ4v) is 10.9. The van der Waals surface area contributed by atoms with Gasteiger partial charge in [0, 0.05) is 71.7 Å². The summed E-state index contributed by atoms with van der Waals surface area (Å²) < 4.78 is 4.59. The van der Waals surface area contributed by atoms with Crippen molar-refractivity contribution in [1.29, 1.82) is 0 Å². The number of benzene rings is 10. The predicted octanol–water partition coefficient (Wildman–Crippen LogP) is 16.4. The highest BCUT2D eigenvalue weighted by molar-refractivity contribution is 6.23. The van der Waals surface area contributed by atoms with Crippen molar-refractivity contribution in [2.45, 2.75) is 0 Å². The molecule has 0 aliphatic rings. The van der Waals surface area contributed by atoms with E-state index in [9.17, 15) is 0 Å². The van der Waals surface area contributed by atoms with Gasteiger partial charge < -0.3 is 4.57 Å². The quantitative estimate of drug-likeness (QED) is 0.133. The molecule has 0 amide bonds. The molecule has 0 aliphatic heterocycles. The molecule has 5 heterocycles. The number of para-hydroxylation sites is 3. The van der Waals surface area contributed by atoms with E-state index in [1.54, 1.807) is 0 Å². The first-order valence-electron chi connectivity index (χ1n) is 26.5. The van der Waals surface area contributed by atoms with Gasteiger partial charge in [0.05, 0.1) is 33.5 Å². The molecule has 10 nitrogen and oxygen atoms in total. The molecule has 10 heteroatoms. The van der Waals surface area contributed by atoms with E-state index in [0.717, 1.165) is 105 Å². The molecule has 0 saturated heterocycles. The lowest BCUT2D eigenvalue weighted by Gasteiger charge is -2.13. The van der Waals surface area contributed by atoms with E-state index < -0.39 is 0 Å². The Bertz CT molecular complexity index is 4750. The van der Waals surface area contributed by atoms with Gasteiger partial charge in [0.2, 0.25) is 5.95 Å². The summed E-state index contributed by atoms with van der Waals surface area (Å²) in [6, 6.07) is 91.0. The molecule has 0 spiro atoms. The number of aromatic nitrogens is 10. The Hall–Kier alpha value is -11.1. The van der Waals surface area contributed by atoms with E-state index in [1.165, 1.54) is 0 Å². The van der Waals surface area contributed by atoms with Crippen LogP contribution in [0.4, 0.5) is 0 Å². The molecule has 0 atom stereocenters. The molecule has 10 aromatic carbocycles. The molecule has 0 unspecified atom stereocenters. The van der Waals surface area contributed by atoms with Crippen LogP contribution in [0.2, 0.25) is 0 Å². The Kier molecular flexibility index (Phi) is 11.3. The average molecular weight is 1030 g/mol. The van der Waals surface area contributed by atoms with E-state index >= 15 is 0 Å². The van der Waals surface area contributed by atoms with Crippen LogP contribution >= 0.6 is 0 Å². The summed E-state index contributed by atoms with van der Waals surface area (Å²) in [4.78, 5) is 41.8. The minimum Gasteiger partial charge on any atom is -0.307 e. The monoisotopic (exact) mass is 1020 g/mol. The smallest absolute Gasteiger partial charge is 0.238 e. The van der Waals surface area contributed by atoms with Crippen molar-refractivity contribution >= 4 is 43.6 Å². The van der Waals surface area contributed by atoms with Crippen LogP contribution in [0.15, 0.2) is 267 Å². The van der Waals surface area contributed by atoms with E-state index in [0.29, 0.717) is 40.9 Å². The van der Waals surface area contributed by atoms with Crippen LogP contribution < -0.4 is 0 Å². The van der Waals surface area contributed by atoms with E-state index in [2.05, 4.69) is 130 Å². The molecule has 15 aromatic rings. The van der Waals surface area contributed by atoms with Gasteiger partial charge in [-0.2, -0.15) is 9.97 Å². The van der Waals surface area contributed by atoms with Gasteiger partial charge in [-0.1, -0.05) is 224 Å². The molecule has 0 fully saturated rings. The van der Waals surface area contributed by atoms with Crippen LogP contribution in [0.25, 0.3) is 146 Å². The normalized spacial score (nSPS) is 11.5. The number of hydrogen-bond acceptors (Lipinski definition) is 8. The molecule has 374 valence electrons. The molecule has 0 N–H and O–H groups in total. The second-order valence-corrected chi connectivity index (χ2v) is 19.6. The van der Waals surface area contributed by atoms with Crippen molar-refractivity contribution in [1.82, 2.24) is 49.0 Å². The van der Waals surface area contributed by atoms with E-state index in [4.69, 9.17) is 39.9 Å². The second-order valence-electron chi connectivity index (χ2n) is 19.6. The van der Waals surface area contributed by atoms with Crippen molar-refractivity contribution in [2.75, 3.05) is 0 Å². The zero-order valence-corrected chi connectivity index (χ0v) is 42.9. The zero-order valence-electron chi connectivity index (χ0n) is 42.9. The first-order chi connectivity index (χ1) is 39.6. The highest BCUT2D eigenvalue weighted by Gasteiger charge is 2.24. The van der Waals surface area contributed by atoms with Crippen LogP contribution in [0.1, 0.15) is 0 Å². The van der Waals surface area contributed by atoms with Gasteiger partial charge in [0.25, 0.3) is 0 Å². The van der Waals surface area contributed by atoms with Crippen molar-refractivity contribution in [2.24, 2.45) is 0 Å². The molecular weight excluding hydrogens is 981 g/mol. The standard InChI is InChI=1S/C70H44N10/c1-6-22-45(23-7-1)58-44-59(72-64(71-58)46-24-8-2-9-25-46)49-30-20-31-50(42-49)67-73-65(47-26-10-3-11-27-47)74-68(76-67)51-32-21-33-52(43-51)69-75-66(48-28-12-4-13-29-48)77-70(78-69)80-61-39-19-17-37-55(61)57-41-40-56-54-36-16-18-38-60(54)79(62(56)63(57)80)53-34-14-5-15-35-53/h1-44H. The maximum atomic E-state index is 5.46. The van der Waals surface area contributed by atoms with Gasteiger partial charge in [-0.15, -0.1) is 0 Å². The lowest BCUT2D eigenvalue weighted by molar-refractivity contribution is 0.953. The minimum absolute atomic E-state index is 0.493. The summed E-state index contributed by atoms with van der Waals surface area (Å²) >= 11 is 0. The van der Waals surface area contributed by atoms with E-state index in [-0.39, 0.29) is 0 Å². The van der Waals surface area contributed by atoms with Crippen molar-refractivity contribution in [3.63, 3.8) is 0 Å². The van der Waals surface area contributed by atoms with Gasteiger partial charge in [-0.3, -0.25) is 4.57 Å². The van der Waals surface area contributed by atoms with Gasteiger partial charge in [0.15, 0.2) is 34.9 Å². The molecule has 0 bridgehead atoms. The van der Waals surface area contributed by atoms with Crippen molar-refractivity contribution < 1.29 is 0 Å². The summed E-state index contributed by atoms with van der Waals surface area (Å²) in [5.74, 6) is 3.73. The minimum atomic E-state index is 0.493. The highest BCUT2D eigenvalue weighted by Crippen LogP contribution is 2.42. The first-order valence-corrected chi connectivity index (χ1v) is 26.5. The lowest BCUT2D eigenvalue weighted by atomic mass is 10.0. The third-order valence-electron chi connectivity index (χ3n) is 14.6. The molecule has 80 heavy (non-hydrogen) atoms. The largest absolute Gasteiger partial charge is 0.307 e. The third-order valence-corrected chi connectivity index (χ3v) is 14.6. The first kappa shape index (κ1) is 46.2. The molecule has 0 saturated carbocycles. The summed E-state index contributed by atoms with van der Waals surface area (Å²) in [6.45, 7) is 0. The Morgan fingerprint density at radius 3 is 1.06 bits per heavy atom. The van der Waals surface area contributed by atoms with Gasteiger partial charge in [0.1, 0.15) is 0 Å². The third kappa shape index (κ3) is 8.23. The SMILES string of the molecule is c1ccc(-c2cc(-c3cccc(-c4nc(-c5ccccc5)nc(-c5cccc(-c6nc(-c7ccccc7)nc(-n7c8ccccc8c8ccc9c%10ccccc%10n(-c%10ccccc%10)c9c87)n6)c5)n4)c3)nc(-c3ccccc3)n2)cc1. The highest BCUT2D eigenvalue weighted by atomic mass is 15.2. The summed E-state index contributed by atoms with van der Waals surface area (Å²) in [6.07, 6.45) is 0. The summed E-state index contributed by atoms with van der Waals surface area (Å²) in [5, 5.41) is 4.48. The number of rotatable bonds is 10. The van der Waals surface area contributed by atoms with Crippen molar-refractivity contribution in [3.8, 4) is 102 Å². The van der Waals surface area contributed by atoms with Crippen molar-refractivity contribution in [3.05, 3.63) is 267 Å². The van der Waals surface area contributed by atoms with Gasteiger partial charge in [-0.25, -0.2) is 29.9 Å². The second kappa shape index (κ2) is 19.5. The maximum absolute atomic E-state index is 5.46. The zero-order chi connectivity index (χ0) is 52.9. The van der Waals surface area contributed by atoms with Crippen LogP contribution in [-0.4, -0.2) is 49.0 Å². The maximum Gasteiger partial charge on any atom is 0.238 e. The fourth-order valence-electron chi connectivity index (χ4n) is 10.9. The molecular formula is C70H44N10. The fraction of sp³-hybridized carbons (Fsp3) is 0.